The van der Waals surface area contributed by atoms with Crippen molar-refractivity contribution in [1.29, 1.82) is 0 Å². The van der Waals surface area contributed by atoms with Crippen molar-refractivity contribution in [1.82, 2.24) is 0 Å². The van der Waals surface area contributed by atoms with Gasteiger partial charge in [0, 0.05) is 12.7 Å². The van der Waals surface area contributed by atoms with Gasteiger partial charge in [-0.2, -0.15) is 0 Å². The predicted octanol–water partition coefficient (Wildman–Crippen LogP) is 4.64. The molecule has 2 aromatic carbocycles. The smallest absolute Gasteiger partial charge is 0.196 e. The average molecular weight is 342 g/mol. The lowest BCUT2D eigenvalue weighted by molar-refractivity contribution is 0.0503. The average Bonchev–Trinajstić information content (AvgIpc) is 2.66. The Kier molecular flexibility index (Phi) is 7.48. The maximum Gasteiger partial charge on any atom is 0.196 e. The van der Waals surface area contributed by atoms with E-state index in [0.29, 0.717) is 22.6 Å². The number of benzene rings is 2. The fourth-order valence-electron chi connectivity index (χ4n) is 2.62. The van der Waals surface area contributed by atoms with E-state index in [2.05, 4.69) is 6.92 Å². The van der Waals surface area contributed by atoms with Gasteiger partial charge < -0.3 is 14.2 Å². The predicted molar refractivity (Wildman–Crippen MR) is 98.6 cm³/mol. The summed E-state index contributed by atoms with van der Waals surface area (Å²) in [6.45, 7) is 2.28. The second-order valence-electron chi connectivity index (χ2n) is 5.90. The van der Waals surface area contributed by atoms with Crippen LogP contribution in [0, 0.1) is 0 Å². The summed E-state index contributed by atoms with van der Waals surface area (Å²) in [5, 5.41) is 0. The van der Waals surface area contributed by atoms with Crippen molar-refractivity contribution >= 4 is 5.78 Å². The van der Waals surface area contributed by atoms with E-state index in [1.165, 1.54) is 24.8 Å². The van der Waals surface area contributed by atoms with Crippen molar-refractivity contribution in [2.75, 3.05) is 21.0 Å². The van der Waals surface area contributed by atoms with Gasteiger partial charge >= 0.3 is 0 Å². The summed E-state index contributed by atoms with van der Waals surface area (Å²) in [5.74, 6) is 1.01. The molecule has 0 spiro atoms. The summed E-state index contributed by atoms with van der Waals surface area (Å²) in [7, 11) is 3.12. The molecule has 0 radical (unpaired) electrons. The molecule has 0 aromatic heterocycles. The molecule has 4 heteroatoms. The van der Waals surface area contributed by atoms with Crippen LogP contribution in [0.25, 0.3) is 0 Å². The minimum Gasteiger partial charge on any atom is -0.497 e. The molecule has 0 saturated carbocycles. The quantitative estimate of drug-likeness (QED) is 0.358. The van der Waals surface area contributed by atoms with Crippen molar-refractivity contribution in [3.05, 3.63) is 59.2 Å². The Morgan fingerprint density at radius 3 is 2.40 bits per heavy atom. The number of unbranched alkanes of at least 4 members (excludes halogenated alkanes) is 2. The second kappa shape index (κ2) is 9.84. The number of hydrogen-bond donors (Lipinski definition) is 0. The monoisotopic (exact) mass is 342 g/mol. The summed E-state index contributed by atoms with van der Waals surface area (Å²) in [5.41, 5.74) is 2.36. The van der Waals surface area contributed by atoms with E-state index in [1.54, 1.807) is 32.4 Å². The number of aryl methyl sites for hydroxylation is 1. The number of ketones is 1. The van der Waals surface area contributed by atoms with E-state index < -0.39 is 0 Å². The van der Waals surface area contributed by atoms with Gasteiger partial charge in [-0.15, -0.1) is 0 Å². The minimum absolute atomic E-state index is 0.0863. The summed E-state index contributed by atoms with van der Waals surface area (Å²) in [6.07, 6.45) is 4.65. The highest BCUT2D eigenvalue weighted by Gasteiger charge is 2.16. The zero-order valence-corrected chi connectivity index (χ0v) is 15.2. The second-order valence-corrected chi connectivity index (χ2v) is 5.90. The molecule has 2 aromatic rings. The fourth-order valence-corrected chi connectivity index (χ4v) is 2.62. The summed E-state index contributed by atoms with van der Waals surface area (Å²) in [4.78, 5) is 12.9. The SMILES string of the molecule is CCCCCc1ccc(C(=O)c2cc(OC)ccc2OCOC)cc1. The Morgan fingerprint density at radius 1 is 1.00 bits per heavy atom. The standard InChI is InChI=1S/C21H26O4/c1-4-5-6-7-16-8-10-17(11-9-16)21(22)19-14-18(24-3)12-13-20(19)25-15-23-2/h8-14H,4-7,15H2,1-3H3. The number of hydrogen-bond acceptors (Lipinski definition) is 4. The Balaban J connectivity index is 2.20. The first-order valence-corrected chi connectivity index (χ1v) is 8.63. The molecule has 0 amide bonds. The molecule has 0 fully saturated rings. The van der Waals surface area contributed by atoms with Gasteiger partial charge in [-0.05, 0) is 36.6 Å². The summed E-state index contributed by atoms with van der Waals surface area (Å²) >= 11 is 0. The van der Waals surface area contributed by atoms with Gasteiger partial charge in [0.2, 0.25) is 0 Å². The number of carbonyl (C=O) groups is 1. The molecule has 134 valence electrons. The molecule has 0 heterocycles. The Hall–Kier alpha value is -2.33. The van der Waals surface area contributed by atoms with Crippen LogP contribution < -0.4 is 9.47 Å². The fraction of sp³-hybridized carbons (Fsp3) is 0.381. The van der Waals surface area contributed by atoms with E-state index in [0.717, 1.165) is 6.42 Å². The molecule has 4 nitrogen and oxygen atoms in total. The van der Waals surface area contributed by atoms with Gasteiger partial charge in [0.25, 0.3) is 0 Å². The third-order valence-corrected chi connectivity index (χ3v) is 4.05. The lowest BCUT2D eigenvalue weighted by atomic mass is 9.99. The zero-order valence-electron chi connectivity index (χ0n) is 15.2. The van der Waals surface area contributed by atoms with Gasteiger partial charge in [-0.25, -0.2) is 0 Å². The number of carbonyl (C=O) groups excluding carboxylic acids is 1. The van der Waals surface area contributed by atoms with Gasteiger partial charge in [0.05, 0.1) is 12.7 Å². The molecular weight excluding hydrogens is 316 g/mol. The van der Waals surface area contributed by atoms with E-state index >= 15 is 0 Å². The van der Waals surface area contributed by atoms with Crippen LogP contribution in [0.5, 0.6) is 11.5 Å². The molecule has 0 unspecified atom stereocenters. The molecule has 0 aliphatic heterocycles. The van der Waals surface area contributed by atoms with Crippen LogP contribution >= 0.6 is 0 Å². The van der Waals surface area contributed by atoms with Crippen LogP contribution in [-0.2, 0) is 11.2 Å². The number of rotatable bonds is 10. The van der Waals surface area contributed by atoms with Crippen LogP contribution in [0.15, 0.2) is 42.5 Å². The molecule has 0 saturated heterocycles. The molecule has 2 rings (SSSR count). The van der Waals surface area contributed by atoms with Gasteiger partial charge in [-0.1, -0.05) is 44.0 Å². The van der Waals surface area contributed by atoms with Crippen molar-refractivity contribution in [3.63, 3.8) is 0 Å². The van der Waals surface area contributed by atoms with Crippen LogP contribution in [0.3, 0.4) is 0 Å². The third-order valence-electron chi connectivity index (χ3n) is 4.05. The van der Waals surface area contributed by atoms with Gasteiger partial charge in [0.15, 0.2) is 12.6 Å². The molecule has 25 heavy (non-hydrogen) atoms. The summed E-state index contributed by atoms with van der Waals surface area (Å²) in [6, 6.07) is 13.0. The van der Waals surface area contributed by atoms with Crippen LogP contribution in [0.4, 0.5) is 0 Å². The molecular formula is C21H26O4. The molecule has 0 bridgehead atoms. The van der Waals surface area contributed by atoms with Crippen LogP contribution in [-0.4, -0.2) is 26.8 Å². The van der Waals surface area contributed by atoms with Crippen molar-refractivity contribution in [2.24, 2.45) is 0 Å². The summed E-state index contributed by atoms with van der Waals surface area (Å²) < 4.78 is 15.7. The van der Waals surface area contributed by atoms with Crippen LogP contribution in [0.1, 0.15) is 47.7 Å². The van der Waals surface area contributed by atoms with Gasteiger partial charge in [-0.3, -0.25) is 4.79 Å². The number of methoxy groups -OCH3 is 2. The van der Waals surface area contributed by atoms with E-state index in [1.807, 2.05) is 24.3 Å². The first-order chi connectivity index (χ1) is 12.2. The minimum atomic E-state index is -0.0925. The Morgan fingerprint density at radius 2 is 1.76 bits per heavy atom. The molecule has 0 atom stereocenters. The normalized spacial score (nSPS) is 10.5. The molecule has 0 aliphatic carbocycles. The van der Waals surface area contributed by atoms with Gasteiger partial charge in [0.1, 0.15) is 11.5 Å². The lowest BCUT2D eigenvalue weighted by Crippen LogP contribution is -2.08. The van der Waals surface area contributed by atoms with E-state index in [4.69, 9.17) is 14.2 Å². The van der Waals surface area contributed by atoms with Crippen molar-refractivity contribution < 1.29 is 19.0 Å². The zero-order chi connectivity index (χ0) is 18.1. The van der Waals surface area contributed by atoms with Crippen LogP contribution in [0.2, 0.25) is 0 Å². The Bertz CT molecular complexity index is 677. The highest BCUT2D eigenvalue weighted by molar-refractivity contribution is 6.11. The molecule has 0 N–H and O–H groups in total. The molecule has 0 aliphatic rings. The lowest BCUT2D eigenvalue weighted by Gasteiger charge is -2.12. The van der Waals surface area contributed by atoms with Crippen molar-refractivity contribution in [2.45, 2.75) is 32.6 Å². The Labute approximate surface area is 149 Å². The number of ether oxygens (including phenoxy) is 3. The third kappa shape index (κ3) is 5.33. The van der Waals surface area contributed by atoms with Crippen molar-refractivity contribution in [3.8, 4) is 11.5 Å². The topological polar surface area (TPSA) is 44.8 Å². The van der Waals surface area contributed by atoms with E-state index in [9.17, 15) is 4.79 Å². The highest BCUT2D eigenvalue weighted by atomic mass is 16.7. The largest absolute Gasteiger partial charge is 0.497 e. The first kappa shape index (κ1) is 19.0. The maximum atomic E-state index is 12.9. The maximum absolute atomic E-state index is 12.9. The highest BCUT2D eigenvalue weighted by Crippen LogP contribution is 2.27. The first-order valence-electron chi connectivity index (χ1n) is 8.63. The van der Waals surface area contributed by atoms with E-state index in [-0.39, 0.29) is 12.6 Å².